The predicted octanol–water partition coefficient (Wildman–Crippen LogP) is 5.18. The van der Waals surface area contributed by atoms with Gasteiger partial charge in [0.25, 0.3) is 5.91 Å². The maximum atomic E-state index is 12.7. The lowest BCUT2D eigenvalue weighted by molar-refractivity contribution is 0.102. The van der Waals surface area contributed by atoms with E-state index in [1.807, 2.05) is 13.0 Å². The molecule has 2 aromatic heterocycles. The normalized spacial score (nSPS) is 13.8. The Morgan fingerprint density at radius 1 is 1.21 bits per heavy atom. The van der Waals surface area contributed by atoms with Crippen molar-refractivity contribution in [3.63, 3.8) is 0 Å². The third-order valence-electron chi connectivity index (χ3n) is 5.76. The molecule has 33 heavy (non-hydrogen) atoms. The summed E-state index contributed by atoms with van der Waals surface area (Å²) in [5.74, 6) is -0.217. The molecule has 1 aromatic carbocycles. The Morgan fingerprint density at radius 2 is 2.00 bits per heavy atom. The van der Waals surface area contributed by atoms with Crippen molar-refractivity contribution in [1.82, 2.24) is 20.1 Å². The summed E-state index contributed by atoms with van der Waals surface area (Å²) in [6.07, 6.45) is 6.61. The van der Waals surface area contributed by atoms with E-state index in [1.165, 1.54) is 16.9 Å². The minimum atomic E-state index is -0.430. The SMILES string of the molecule is CCCNC(=O)n1nc(-c2ccc(NC(=O)c3cccnc3Cl)cc2O)cc1C1CCCC1. The summed E-state index contributed by atoms with van der Waals surface area (Å²) in [4.78, 5) is 29.1. The number of phenolic OH excluding ortho intramolecular Hbond substituents is 1. The minimum Gasteiger partial charge on any atom is -0.507 e. The molecular formula is C24H26ClN5O3. The number of benzene rings is 1. The molecule has 1 aliphatic carbocycles. The molecule has 1 saturated carbocycles. The molecule has 1 fully saturated rings. The van der Waals surface area contributed by atoms with Gasteiger partial charge in [-0.1, -0.05) is 31.4 Å². The van der Waals surface area contributed by atoms with Crippen LogP contribution in [0, 0.1) is 0 Å². The number of anilines is 1. The van der Waals surface area contributed by atoms with Crippen LogP contribution in [0.4, 0.5) is 10.5 Å². The number of carbonyl (C=O) groups is 2. The van der Waals surface area contributed by atoms with Crippen LogP contribution < -0.4 is 10.6 Å². The monoisotopic (exact) mass is 467 g/mol. The number of aromatic nitrogens is 3. The van der Waals surface area contributed by atoms with Gasteiger partial charge in [-0.2, -0.15) is 9.78 Å². The number of aromatic hydroxyl groups is 1. The molecule has 3 N–H and O–H groups in total. The van der Waals surface area contributed by atoms with Crippen molar-refractivity contribution in [3.8, 4) is 17.0 Å². The van der Waals surface area contributed by atoms with E-state index in [1.54, 1.807) is 24.3 Å². The molecule has 0 spiro atoms. The summed E-state index contributed by atoms with van der Waals surface area (Å²) in [5, 5.41) is 20.9. The van der Waals surface area contributed by atoms with E-state index in [4.69, 9.17) is 11.6 Å². The summed E-state index contributed by atoms with van der Waals surface area (Å²) < 4.78 is 1.43. The van der Waals surface area contributed by atoms with Gasteiger partial charge in [0.1, 0.15) is 10.9 Å². The van der Waals surface area contributed by atoms with Crippen LogP contribution in [-0.4, -0.2) is 38.4 Å². The fraction of sp³-hybridized carbons (Fsp3) is 0.333. The average Bonchev–Trinajstić information content (AvgIpc) is 3.48. The highest BCUT2D eigenvalue weighted by molar-refractivity contribution is 6.33. The van der Waals surface area contributed by atoms with E-state index in [9.17, 15) is 14.7 Å². The Balaban J connectivity index is 1.60. The van der Waals surface area contributed by atoms with Gasteiger partial charge in [0.2, 0.25) is 0 Å². The second-order valence-electron chi connectivity index (χ2n) is 8.11. The van der Waals surface area contributed by atoms with E-state index >= 15 is 0 Å². The lowest BCUT2D eigenvalue weighted by atomic mass is 10.0. The van der Waals surface area contributed by atoms with Gasteiger partial charge in [-0.05, 0) is 49.6 Å². The van der Waals surface area contributed by atoms with Crippen LogP contribution in [0.3, 0.4) is 0 Å². The van der Waals surface area contributed by atoms with E-state index in [-0.39, 0.29) is 28.4 Å². The fourth-order valence-electron chi connectivity index (χ4n) is 4.09. The second-order valence-corrected chi connectivity index (χ2v) is 8.47. The van der Waals surface area contributed by atoms with Crippen molar-refractivity contribution in [1.29, 1.82) is 0 Å². The molecule has 0 saturated heterocycles. The molecule has 0 unspecified atom stereocenters. The minimum absolute atomic E-state index is 0.0540. The summed E-state index contributed by atoms with van der Waals surface area (Å²) in [6, 6.07) is 9.60. The van der Waals surface area contributed by atoms with Gasteiger partial charge in [0.15, 0.2) is 0 Å². The highest BCUT2D eigenvalue weighted by Crippen LogP contribution is 2.38. The zero-order valence-electron chi connectivity index (χ0n) is 18.3. The van der Waals surface area contributed by atoms with Crippen LogP contribution in [0.5, 0.6) is 5.75 Å². The molecule has 8 nitrogen and oxygen atoms in total. The van der Waals surface area contributed by atoms with Crippen LogP contribution in [0.1, 0.15) is 61.0 Å². The maximum Gasteiger partial charge on any atom is 0.342 e. The molecule has 0 atom stereocenters. The van der Waals surface area contributed by atoms with Crippen LogP contribution in [0.2, 0.25) is 5.15 Å². The largest absolute Gasteiger partial charge is 0.507 e. The lowest BCUT2D eigenvalue weighted by Gasteiger charge is -2.11. The number of nitrogens with zero attached hydrogens (tertiary/aromatic N) is 3. The van der Waals surface area contributed by atoms with Crippen LogP contribution in [0.15, 0.2) is 42.6 Å². The van der Waals surface area contributed by atoms with Crippen LogP contribution in [-0.2, 0) is 0 Å². The first kappa shape index (κ1) is 22.8. The van der Waals surface area contributed by atoms with E-state index in [0.717, 1.165) is 37.8 Å². The van der Waals surface area contributed by atoms with Gasteiger partial charge in [-0.25, -0.2) is 9.78 Å². The molecular weight excluding hydrogens is 442 g/mol. The van der Waals surface area contributed by atoms with Crippen molar-refractivity contribution in [2.75, 3.05) is 11.9 Å². The Kier molecular flexibility index (Phi) is 6.93. The first-order chi connectivity index (χ1) is 16.0. The van der Waals surface area contributed by atoms with Gasteiger partial charge in [-0.3, -0.25) is 4.79 Å². The molecule has 2 amide bonds. The van der Waals surface area contributed by atoms with Crippen LogP contribution >= 0.6 is 11.6 Å². The standard InChI is InChI=1S/C24H26ClN5O3/c1-2-11-27-24(33)30-20(15-6-3-4-7-15)14-19(29-30)17-10-9-16(13-21(17)31)28-23(32)18-8-5-12-26-22(18)25/h5,8-10,12-15,31H,2-4,6-7,11H2,1H3,(H,27,33)(H,28,32). The number of nitrogens with one attached hydrogen (secondary N) is 2. The first-order valence-corrected chi connectivity index (χ1v) is 11.5. The zero-order valence-corrected chi connectivity index (χ0v) is 19.1. The molecule has 4 rings (SSSR count). The molecule has 0 radical (unpaired) electrons. The third-order valence-corrected chi connectivity index (χ3v) is 6.07. The number of phenols is 1. The summed E-state index contributed by atoms with van der Waals surface area (Å²) in [6.45, 7) is 2.56. The van der Waals surface area contributed by atoms with Gasteiger partial charge < -0.3 is 15.7 Å². The van der Waals surface area contributed by atoms with Crippen molar-refractivity contribution in [2.24, 2.45) is 0 Å². The molecule has 172 valence electrons. The van der Waals surface area contributed by atoms with Crippen molar-refractivity contribution in [2.45, 2.75) is 44.9 Å². The van der Waals surface area contributed by atoms with Crippen molar-refractivity contribution < 1.29 is 14.7 Å². The third kappa shape index (κ3) is 5.01. The number of hydrogen-bond donors (Lipinski definition) is 3. The van der Waals surface area contributed by atoms with Crippen molar-refractivity contribution in [3.05, 3.63) is 59.0 Å². The second kappa shape index (κ2) is 10.0. The summed E-state index contributed by atoms with van der Waals surface area (Å²) in [5.41, 5.74) is 2.49. The molecule has 0 bridgehead atoms. The summed E-state index contributed by atoms with van der Waals surface area (Å²) >= 11 is 5.99. The van der Waals surface area contributed by atoms with E-state index in [2.05, 4.69) is 20.7 Å². The number of amides is 2. The molecule has 9 heteroatoms. The van der Waals surface area contributed by atoms with Crippen molar-refractivity contribution >= 4 is 29.2 Å². The highest BCUT2D eigenvalue weighted by Gasteiger charge is 2.26. The topological polar surface area (TPSA) is 109 Å². The number of rotatable bonds is 6. The van der Waals surface area contributed by atoms with Gasteiger partial charge in [0, 0.05) is 36.0 Å². The van der Waals surface area contributed by atoms with Gasteiger partial charge in [0.05, 0.1) is 17.0 Å². The number of pyridine rings is 1. The highest BCUT2D eigenvalue weighted by atomic mass is 35.5. The Bertz CT molecular complexity index is 1170. The molecule has 0 aliphatic heterocycles. The van der Waals surface area contributed by atoms with Crippen LogP contribution in [0.25, 0.3) is 11.3 Å². The van der Waals surface area contributed by atoms with E-state index < -0.39 is 5.91 Å². The first-order valence-electron chi connectivity index (χ1n) is 11.1. The van der Waals surface area contributed by atoms with E-state index in [0.29, 0.717) is 23.5 Å². The Hall–Kier alpha value is -3.39. The number of carbonyl (C=O) groups excluding carboxylic acids is 2. The molecule has 3 aromatic rings. The maximum absolute atomic E-state index is 12.7. The van der Waals surface area contributed by atoms with Gasteiger partial charge >= 0.3 is 6.03 Å². The number of hydrogen-bond acceptors (Lipinski definition) is 5. The number of halogens is 1. The molecule has 1 aliphatic rings. The fourth-order valence-corrected chi connectivity index (χ4v) is 4.29. The Morgan fingerprint density at radius 3 is 2.70 bits per heavy atom. The van der Waals surface area contributed by atoms with Gasteiger partial charge in [-0.15, -0.1) is 0 Å². The smallest absolute Gasteiger partial charge is 0.342 e. The zero-order chi connectivity index (χ0) is 23.4. The summed E-state index contributed by atoms with van der Waals surface area (Å²) in [7, 11) is 0. The Labute approximate surface area is 197 Å². The predicted molar refractivity (Wildman–Crippen MR) is 127 cm³/mol. The average molecular weight is 468 g/mol. The quantitative estimate of drug-likeness (QED) is 0.432. The lowest BCUT2D eigenvalue weighted by Crippen LogP contribution is -2.31. The molecule has 2 heterocycles.